The van der Waals surface area contributed by atoms with E-state index in [4.69, 9.17) is 0 Å². The molecule has 1 aliphatic rings. The molecule has 0 aromatic heterocycles. The number of thioether (sulfide) groups is 1. The molecule has 1 fully saturated rings. The van der Waals surface area contributed by atoms with Gasteiger partial charge < -0.3 is 5.11 Å². The highest BCUT2D eigenvalue weighted by molar-refractivity contribution is 8.00. The summed E-state index contributed by atoms with van der Waals surface area (Å²) < 4.78 is 0. The van der Waals surface area contributed by atoms with Gasteiger partial charge in [0.05, 0.1) is 23.7 Å². The van der Waals surface area contributed by atoms with Crippen molar-refractivity contribution in [2.24, 2.45) is 0 Å². The second-order valence-electron chi connectivity index (χ2n) is 4.11. The predicted molar refractivity (Wildman–Crippen MR) is 59.6 cm³/mol. The van der Waals surface area contributed by atoms with Crippen LogP contribution in [0.15, 0.2) is 0 Å². The topological polar surface area (TPSA) is 57.6 Å². The van der Waals surface area contributed by atoms with Crippen LogP contribution in [-0.4, -0.2) is 45.5 Å². The quantitative estimate of drug-likeness (QED) is 0.721. The number of hydrogen-bond donors (Lipinski definition) is 1. The van der Waals surface area contributed by atoms with Crippen LogP contribution in [0.4, 0.5) is 0 Å². The van der Waals surface area contributed by atoms with Gasteiger partial charge in [-0.3, -0.25) is 14.5 Å². The minimum atomic E-state index is -0.956. The molecule has 1 aliphatic heterocycles. The van der Waals surface area contributed by atoms with Gasteiger partial charge in [0.15, 0.2) is 0 Å². The number of aliphatic hydroxyl groups is 1. The minimum Gasteiger partial charge on any atom is -0.388 e. The van der Waals surface area contributed by atoms with Gasteiger partial charge in [0.25, 0.3) is 0 Å². The van der Waals surface area contributed by atoms with Crippen LogP contribution in [0.5, 0.6) is 0 Å². The lowest BCUT2D eigenvalue weighted by Gasteiger charge is -2.32. The molecule has 0 aromatic carbocycles. The van der Waals surface area contributed by atoms with Crippen molar-refractivity contribution in [1.29, 1.82) is 0 Å². The Balaban J connectivity index is 2.62. The third-order valence-electron chi connectivity index (χ3n) is 2.34. The Kier molecular flexibility index (Phi) is 4.16. The highest BCUT2D eigenvalue weighted by Gasteiger charge is 2.32. The average molecular weight is 231 g/mol. The van der Waals surface area contributed by atoms with E-state index in [9.17, 15) is 14.7 Å². The largest absolute Gasteiger partial charge is 0.388 e. The van der Waals surface area contributed by atoms with Crippen LogP contribution in [0.3, 0.4) is 0 Å². The van der Waals surface area contributed by atoms with Gasteiger partial charge in [-0.2, -0.15) is 0 Å². The number of hydrogen-bond acceptors (Lipinski definition) is 4. The molecule has 0 saturated carbocycles. The molecule has 86 valence electrons. The maximum absolute atomic E-state index is 11.5. The van der Waals surface area contributed by atoms with Crippen molar-refractivity contribution < 1.29 is 14.7 Å². The summed E-state index contributed by atoms with van der Waals surface area (Å²) in [5.74, 6) is 0.308. The molecule has 0 bridgehead atoms. The number of carbonyl (C=O) groups excluding carboxylic acids is 2. The van der Waals surface area contributed by atoms with Crippen LogP contribution in [0.1, 0.15) is 26.7 Å². The summed E-state index contributed by atoms with van der Waals surface area (Å²) in [5.41, 5.74) is -0.956. The van der Waals surface area contributed by atoms with Crippen LogP contribution in [0.25, 0.3) is 0 Å². The van der Waals surface area contributed by atoms with Crippen LogP contribution in [0.2, 0.25) is 0 Å². The zero-order valence-electron chi connectivity index (χ0n) is 9.15. The number of carbonyl (C=O) groups is 2. The zero-order valence-corrected chi connectivity index (χ0v) is 9.97. The van der Waals surface area contributed by atoms with Gasteiger partial charge in [-0.15, -0.1) is 11.8 Å². The second-order valence-corrected chi connectivity index (χ2v) is 5.10. The first kappa shape index (κ1) is 12.5. The maximum Gasteiger partial charge on any atom is 0.239 e. The lowest BCUT2D eigenvalue weighted by atomic mass is 10.00. The molecule has 5 heteroatoms. The summed E-state index contributed by atoms with van der Waals surface area (Å²) in [7, 11) is 0. The van der Waals surface area contributed by atoms with E-state index in [2.05, 4.69) is 0 Å². The smallest absolute Gasteiger partial charge is 0.239 e. The molecule has 0 spiro atoms. The standard InChI is InChI=1S/C10H17NO3S/c1-3-4-10(2,14)7-11-8(12)5-15-6-9(11)13/h14H,3-7H2,1-2H3. The molecule has 1 N–H and O–H groups in total. The Bertz CT molecular complexity index is 249. The van der Waals surface area contributed by atoms with Gasteiger partial charge >= 0.3 is 0 Å². The normalized spacial score (nSPS) is 21.7. The lowest BCUT2D eigenvalue weighted by Crippen LogP contribution is -2.50. The van der Waals surface area contributed by atoms with Crippen molar-refractivity contribution in [2.45, 2.75) is 32.3 Å². The van der Waals surface area contributed by atoms with Crippen molar-refractivity contribution in [1.82, 2.24) is 4.90 Å². The molecule has 0 aliphatic carbocycles. The third kappa shape index (κ3) is 3.50. The highest BCUT2D eigenvalue weighted by atomic mass is 32.2. The summed E-state index contributed by atoms with van der Waals surface area (Å²) in [4.78, 5) is 24.1. The molecule has 1 unspecified atom stereocenters. The van der Waals surface area contributed by atoms with Gasteiger partial charge in [-0.25, -0.2) is 0 Å². The molecular formula is C10H17NO3S. The zero-order chi connectivity index (χ0) is 11.5. The van der Waals surface area contributed by atoms with E-state index in [1.54, 1.807) is 6.92 Å². The van der Waals surface area contributed by atoms with Crippen molar-refractivity contribution in [3.05, 3.63) is 0 Å². The fourth-order valence-corrected chi connectivity index (χ4v) is 2.42. The molecule has 1 heterocycles. The number of nitrogens with zero attached hydrogens (tertiary/aromatic N) is 1. The number of rotatable bonds is 4. The molecule has 1 atom stereocenters. The summed E-state index contributed by atoms with van der Waals surface area (Å²) in [6.45, 7) is 3.75. The predicted octanol–water partition coefficient (Wildman–Crippen LogP) is 0.639. The van der Waals surface area contributed by atoms with E-state index in [-0.39, 0.29) is 18.4 Å². The molecule has 0 radical (unpaired) electrons. The van der Waals surface area contributed by atoms with Crippen LogP contribution in [-0.2, 0) is 9.59 Å². The molecule has 1 saturated heterocycles. The second kappa shape index (κ2) is 4.99. The van der Waals surface area contributed by atoms with E-state index in [0.717, 1.165) is 6.42 Å². The third-order valence-corrected chi connectivity index (χ3v) is 3.24. The van der Waals surface area contributed by atoms with Crippen molar-refractivity contribution >= 4 is 23.6 Å². The van der Waals surface area contributed by atoms with E-state index < -0.39 is 5.60 Å². The van der Waals surface area contributed by atoms with Crippen molar-refractivity contribution in [2.75, 3.05) is 18.1 Å². The Labute approximate surface area is 94.0 Å². The Morgan fingerprint density at radius 1 is 1.40 bits per heavy atom. The van der Waals surface area contributed by atoms with Gasteiger partial charge in [0.1, 0.15) is 0 Å². The van der Waals surface area contributed by atoms with E-state index >= 15 is 0 Å². The summed E-state index contributed by atoms with van der Waals surface area (Å²) in [6.07, 6.45) is 1.43. The Hall–Kier alpha value is -0.550. The number of imide groups is 1. The fourth-order valence-electron chi connectivity index (χ4n) is 1.66. The molecule has 4 nitrogen and oxygen atoms in total. The van der Waals surface area contributed by atoms with Crippen molar-refractivity contribution in [3.8, 4) is 0 Å². The van der Waals surface area contributed by atoms with E-state index in [1.807, 2.05) is 6.92 Å². The summed E-state index contributed by atoms with van der Waals surface area (Å²) in [5, 5.41) is 9.95. The molecule has 2 amide bonds. The molecule has 1 rings (SSSR count). The molecular weight excluding hydrogens is 214 g/mol. The summed E-state index contributed by atoms with van der Waals surface area (Å²) in [6, 6.07) is 0. The molecule has 0 aromatic rings. The van der Waals surface area contributed by atoms with Crippen LogP contribution >= 0.6 is 11.8 Å². The number of β-amino-alcohol motifs (C(OH)–C–C–N with tert-alkyl or cyclic N) is 1. The number of amides is 2. The SMILES string of the molecule is CCCC(C)(O)CN1C(=O)CSCC1=O. The fraction of sp³-hybridized carbons (Fsp3) is 0.800. The van der Waals surface area contributed by atoms with Gasteiger partial charge in [0, 0.05) is 0 Å². The average Bonchev–Trinajstić information content (AvgIpc) is 2.11. The monoisotopic (exact) mass is 231 g/mol. The van der Waals surface area contributed by atoms with Gasteiger partial charge in [0.2, 0.25) is 11.8 Å². The van der Waals surface area contributed by atoms with E-state index in [0.29, 0.717) is 17.9 Å². The maximum atomic E-state index is 11.5. The lowest BCUT2D eigenvalue weighted by molar-refractivity contribution is -0.146. The minimum absolute atomic E-state index is 0.124. The first-order valence-electron chi connectivity index (χ1n) is 5.09. The first-order valence-corrected chi connectivity index (χ1v) is 6.25. The van der Waals surface area contributed by atoms with E-state index in [1.165, 1.54) is 16.7 Å². The van der Waals surface area contributed by atoms with Crippen LogP contribution in [0, 0.1) is 0 Å². The van der Waals surface area contributed by atoms with Crippen LogP contribution < -0.4 is 0 Å². The summed E-state index contributed by atoms with van der Waals surface area (Å²) >= 11 is 1.33. The van der Waals surface area contributed by atoms with Gasteiger partial charge in [-0.05, 0) is 13.3 Å². The Morgan fingerprint density at radius 2 is 1.93 bits per heavy atom. The molecule has 15 heavy (non-hydrogen) atoms. The van der Waals surface area contributed by atoms with Crippen molar-refractivity contribution in [3.63, 3.8) is 0 Å². The Morgan fingerprint density at radius 3 is 2.40 bits per heavy atom. The van der Waals surface area contributed by atoms with Gasteiger partial charge in [-0.1, -0.05) is 13.3 Å². The first-order chi connectivity index (χ1) is 6.96. The highest BCUT2D eigenvalue weighted by Crippen LogP contribution is 2.18.